The summed E-state index contributed by atoms with van der Waals surface area (Å²) in [5.74, 6) is 0.955. The van der Waals surface area contributed by atoms with Crippen LogP contribution >= 0.6 is 0 Å². The average molecular weight is 352 g/mol. The highest BCUT2D eigenvalue weighted by atomic mass is 16.1. The lowest BCUT2D eigenvalue weighted by molar-refractivity contribution is -0.124. The lowest BCUT2D eigenvalue weighted by Crippen LogP contribution is -2.49. The molecule has 136 valence electrons. The standard InChI is InChI=1S/C19H24N6O/c1-3-25-16-7-5-4-6-13(16)15(23-25)12-21-14-8-9-17(26)22-18(14)19-20-10-11-24(19)2/h4-7,10-11,14,18,21H,3,8-9,12H2,1-2H3,(H,22,26)/t14-,18-/m1/s1. The van der Waals surface area contributed by atoms with Crippen LogP contribution in [0.4, 0.5) is 0 Å². The number of rotatable bonds is 5. The molecule has 26 heavy (non-hydrogen) atoms. The number of nitrogens with one attached hydrogen (secondary N) is 2. The van der Waals surface area contributed by atoms with Crippen LogP contribution in [0.25, 0.3) is 10.9 Å². The molecule has 0 spiro atoms. The van der Waals surface area contributed by atoms with Gasteiger partial charge in [-0.05, 0) is 19.4 Å². The van der Waals surface area contributed by atoms with Crippen LogP contribution in [0, 0.1) is 0 Å². The maximum Gasteiger partial charge on any atom is 0.220 e. The molecular weight excluding hydrogens is 328 g/mol. The zero-order valence-corrected chi connectivity index (χ0v) is 15.1. The van der Waals surface area contributed by atoms with Crippen LogP contribution in [0.5, 0.6) is 0 Å². The van der Waals surface area contributed by atoms with E-state index < -0.39 is 0 Å². The molecule has 3 aromatic rings. The summed E-state index contributed by atoms with van der Waals surface area (Å²) in [5.41, 5.74) is 2.20. The van der Waals surface area contributed by atoms with Crippen molar-refractivity contribution in [2.75, 3.05) is 0 Å². The van der Waals surface area contributed by atoms with Crippen molar-refractivity contribution in [3.63, 3.8) is 0 Å². The summed E-state index contributed by atoms with van der Waals surface area (Å²) in [6.45, 7) is 3.61. The highest BCUT2D eigenvalue weighted by Crippen LogP contribution is 2.24. The number of hydrogen-bond acceptors (Lipinski definition) is 4. The molecule has 1 amide bonds. The molecular formula is C19H24N6O. The van der Waals surface area contributed by atoms with E-state index in [1.807, 2.05) is 34.6 Å². The molecule has 2 atom stereocenters. The number of aryl methyl sites for hydroxylation is 2. The van der Waals surface area contributed by atoms with Gasteiger partial charge in [0.25, 0.3) is 0 Å². The van der Waals surface area contributed by atoms with E-state index in [0.29, 0.717) is 13.0 Å². The van der Waals surface area contributed by atoms with Crippen molar-refractivity contribution in [1.29, 1.82) is 0 Å². The first kappa shape index (κ1) is 16.8. The van der Waals surface area contributed by atoms with E-state index in [-0.39, 0.29) is 18.0 Å². The van der Waals surface area contributed by atoms with Crippen LogP contribution in [-0.4, -0.2) is 31.3 Å². The third-order valence-electron chi connectivity index (χ3n) is 5.10. The number of piperidine rings is 1. The lowest BCUT2D eigenvalue weighted by Gasteiger charge is -2.32. The minimum atomic E-state index is -0.129. The molecule has 0 saturated carbocycles. The number of carbonyl (C=O) groups excluding carboxylic acids is 1. The Balaban J connectivity index is 1.56. The molecule has 1 aliphatic rings. The molecule has 4 rings (SSSR count). The van der Waals surface area contributed by atoms with Gasteiger partial charge in [0.2, 0.25) is 5.91 Å². The normalized spacial score (nSPS) is 20.5. The monoisotopic (exact) mass is 352 g/mol. The number of para-hydroxylation sites is 1. The topological polar surface area (TPSA) is 76.8 Å². The predicted octanol–water partition coefficient (Wildman–Crippen LogP) is 1.90. The van der Waals surface area contributed by atoms with Crippen molar-refractivity contribution in [1.82, 2.24) is 30.0 Å². The Bertz CT molecular complexity index is 927. The Morgan fingerprint density at radius 1 is 1.35 bits per heavy atom. The summed E-state index contributed by atoms with van der Waals surface area (Å²) < 4.78 is 4.00. The average Bonchev–Trinajstić information content (AvgIpc) is 3.24. The molecule has 2 N–H and O–H groups in total. The Labute approximate surface area is 152 Å². The number of nitrogens with zero attached hydrogens (tertiary/aromatic N) is 4. The van der Waals surface area contributed by atoms with Gasteiger partial charge < -0.3 is 15.2 Å². The zero-order chi connectivity index (χ0) is 18.1. The molecule has 7 heteroatoms. The summed E-state index contributed by atoms with van der Waals surface area (Å²) in [4.78, 5) is 16.4. The quantitative estimate of drug-likeness (QED) is 0.735. The first-order valence-electron chi connectivity index (χ1n) is 9.11. The van der Waals surface area contributed by atoms with Gasteiger partial charge in [0.15, 0.2) is 0 Å². The Morgan fingerprint density at radius 2 is 2.19 bits per heavy atom. The van der Waals surface area contributed by atoms with E-state index in [0.717, 1.165) is 30.0 Å². The Hall–Kier alpha value is -2.67. The van der Waals surface area contributed by atoms with Gasteiger partial charge in [0, 0.05) is 50.4 Å². The molecule has 0 bridgehead atoms. The SMILES string of the molecule is CCn1nc(CN[C@@H]2CCC(=O)N[C@H]2c2nccn2C)c2ccccc21. The van der Waals surface area contributed by atoms with Crippen LogP contribution in [0.15, 0.2) is 36.7 Å². The third kappa shape index (κ3) is 2.99. The molecule has 1 fully saturated rings. The summed E-state index contributed by atoms with van der Waals surface area (Å²) in [7, 11) is 1.95. The largest absolute Gasteiger partial charge is 0.345 e. The van der Waals surface area contributed by atoms with Crippen molar-refractivity contribution >= 4 is 16.8 Å². The molecule has 1 aliphatic heterocycles. The molecule has 0 aliphatic carbocycles. The van der Waals surface area contributed by atoms with Crippen LogP contribution in [0.2, 0.25) is 0 Å². The third-order valence-corrected chi connectivity index (χ3v) is 5.10. The fourth-order valence-corrected chi connectivity index (χ4v) is 3.74. The Kier molecular flexibility index (Phi) is 4.46. The summed E-state index contributed by atoms with van der Waals surface area (Å²) in [6.07, 6.45) is 4.99. The van der Waals surface area contributed by atoms with Gasteiger partial charge in [-0.15, -0.1) is 0 Å². The summed E-state index contributed by atoms with van der Waals surface area (Å²) in [6, 6.07) is 8.30. The number of imidazole rings is 1. The van der Waals surface area contributed by atoms with Gasteiger partial charge in [-0.1, -0.05) is 18.2 Å². The lowest BCUT2D eigenvalue weighted by atomic mass is 9.97. The van der Waals surface area contributed by atoms with Crippen LogP contribution < -0.4 is 10.6 Å². The van der Waals surface area contributed by atoms with Crippen LogP contribution in [0.1, 0.15) is 37.3 Å². The molecule has 1 aromatic carbocycles. The number of aromatic nitrogens is 4. The van der Waals surface area contributed by atoms with E-state index >= 15 is 0 Å². The maximum absolute atomic E-state index is 11.9. The second-order valence-corrected chi connectivity index (χ2v) is 6.75. The number of fused-ring (bicyclic) bond motifs is 1. The van der Waals surface area contributed by atoms with Gasteiger partial charge in [-0.25, -0.2) is 4.98 Å². The molecule has 3 heterocycles. The molecule has 0 radical (unpaired) electrons. The second kappa shape index (κ2) is 6.92. The smallest absolute Gasteiger partial charge is 0.220 e. The molecule has 0 unspecified atom stereocenters. The Morgan fingerprint density at radius 3 is 2.96 bits per heavy atom. The first-order valence-corrected chi connectivity index (χ1v) is 9.11. The highest BCUT2D eigenvalue weighted by Gasteiger charge is 2.32. The minimum absolute atomic E-state index is 0.0803. The van der Waals surface area contributed by atoms with Gasteiger partial charge in [-0.2, -0.15) is 5.10 Å². The van der Waals surface area contributed by atoms with Crippen molar-refractivity contribution in [3.05, 3.63) is 48.2 Å². The number of benzene rings is 1. The van der Waals surface area contributed by atoms with Crippen LogP contribution in [0.3, 0.4) is 0 Å². The van der Waals surface area contributed by atoms with Crippen molar-refractivity contribution in [2.24, 2.45) is 7.05 Å². The van der Waals surface area contributed by atoms with Gasteiger partial charge >= 0.3 is 0 Å². The van der Waals surface area contributed by atoms with Crippen LogP contribution in [-0.2, 0) is 24.9 Å². The van der Waals surface area contributed by atoms with E-state index in [1.165, 1.54) is 5.39 Å². The fraction of sp³-hybridized carbons (Fsp3) is 0.421. The van der Waals surface area contributed by atoms with E-state index in [1.54, 1.807) is 6.20 Å². The summed E-state index contributed by atoms with van der Waals surface area (Å²) in [5, 5.41) is 12.6. The number of hydrogen-bond donors (Lipinski definition) is 2. The van der Waals surface area contributed by atoms with E-state index in [9.17, 15) is 4.79 Å². The summed E-state index contributed by atoms with van der Waals surface area (Å²) >= 11 is 0. The van der Waals surface area contributed by atoms with E-state index in [2.05, 4.69) is 34.7 Å². The van der Waals surface area contributed by atoms with Gasteiger partial charge in [-0.3, -0.25) is 9.48 Å². The van der Waals surface area contributed by atoms with E-state index in [4.69, 9.17) is 5.10 Å². The molecule has 2 aromatic heterocycles. The first-order chi connectivity index (χ1) is 12.7. The second-order valence-electron chi connectivity index (χ2n) is 6.75. The predicted molar refractivity (Wildman–Crippen MR) is 99.4 cm³/mol. The molecule has 1 saturated heterocycles. The number of amides is 1. The van der Waals surface area contributed by atoms with Gasteiger partial charge in [0.1, 0.15) is 11.9 Å². The van der Waals surface area contributed by atoms with Crippen molar-refractivity contribution < 1.29 is 4.79 Å². The van der Waals surface area contributed by atoms with Gasteiger partial charge in [0.05, 0.1) is 11.2 Å². The fourth-order valence-electron chi connectivity index (χ4n) is 3.74. The molecule has 7 nitrogen and oxygen atoms in total. The maximum atomic E-state index is 11.9. The minimum Gasteiger partial charge on any atom is -0.345 e. The zero-order valence-electron chi connectivity index (χ0n) is 15.1. The van der Waals surface area contributed by atoms with Crippen molar-refractivity contribution in [2.45, 2.75) is 44.9 Å². The van der Waals surface area contributed by atoms with Crippen molar-refractivity contribution in [3.8, 4) is 0 Å². The highest BCUT2D eigenvalue weighted by molar-refractivity contribution is 5.82. The number of carbonyl (C=O) groups is 1.